The van der Waals surface area contributed by atoms with E-state index < -0.39 is 30.4 Å². The first kappa shape index (κ1) is 25.8. The van der Waals surface area contributed by atoms with Gasteiger partial charge in [0, 0.05) is 43.1 Å². The van der Waals surface area contributed by atoms with Crippen molar-refractivity contribution >= 4 is 40.7 Å². The van der Waals surface area contributed by atoms with Crippen LogP contribution in [-0.4, -0.2) is 37.3 Å². The lowest BCUT2D eigenvalue weighted by Crippen LogP contribution is -2.45. The normalized spacial score (nSPS) is 17.2. The molecule has 0 aliphatic carbocycles. The second kappa shape index (κ2) is 10.4. The van der Waals surface area contributed by atoms with Crippen LogP contribution in [0.25, 0.3) is 0 Å². The highest BCUT2D eigenvalue weighted by atomic mass is 79.9. The van der Waals surface area contributed by atoms with E-state index in [-0.39, 0.29) is 41.3 Å². The number of nitrogens with zero attached hydrogens (tertiary/aromatic N) is 1. The summed E-state index contributed by atoms with van der Waals surface area (Å²) in [7, 11) is 0. The van der Waals surface area contributed by atoms with Gasteiger partial charge in [-0.1, -0.05) is 15.9 Å². The van der Waals surface area contributed by atoms with Crippen molar-refractivity contribution in [1.82, 2.24) is 10.2 Å². The van der Waals surface area contributed by atoms with Gasteiger partial charge in [-0.05, 0) is 30.2 Å². The van der Waals surface area contributed by atoms with E-state index in [2.05, 4.69) is 21.2 Å². The minimum absolute atomic E-state index is 0. The zero-order chi connectivity index (χ0) is 18.0. The molecule has 0 unspecified atom stereocenters. The fourth-order valence-corrected chi connectivity index (χ4v) is 3.33. The van der Waals surface area contributed by atoms with Crippen molar-refractivity contribution in [2.24, 2.45) is 0 Å². The lowest BCUT2D eigenvalue weighted by atomic mass is 9.97. The summed E-state index contributed by atoms with van der Waals surface area (Å²) in [6, 6.07) is 2.65. The molecule has 1 heterocycles. The topological polar surface area (TPSA) is 15.3 Å². The molecule has 0 bridgehead atoms. The van der Waals surface area contributed by atoms with Gasteiger partial charge < -0.3 is 5.32 Å². The first-order chi connectivity index (χ1) is 11.1. The summed E-state index contributed by atoms with van der Waals surface area (Å²) in [6.45, 7) is 2.19. The minimum atomic E-state index is -4.55. The van der Waals surface area contributed by atoms with Crippen molar-refractivity contribution in [3.8, 4) is 0 Å². The largest absolute Gasteiger partial charge is 0.416 e. The van der Waals surface area contributed by atoms with Gasteiger partial charge >= 0.3 is 12.4 Å². The van der Waals surface area contributed by atoms with Crippen molar-refractivity contribution in [1.29, 1.82) is 0 Å². The van der Waals surface area contributed by atoms with Crippen LogP contribution in [0.5, 0.6) is 0 Å². The Balaban J connectivity index is 0.00000312. The summed E-state index contributed by atoms with van der Waals surface area (Å²) < 4.78 is 77.1. The molecule has 0 saturated carbocycles. The second-order valence-corrected chi connectivity index (χ2v) is 6.64. The van der Waals surface area contributed by atoms with Gasteiger partial charge in [0.05, 0.1) is 5.56 Å². The van der Waals surface area contributed by atoms with E-state index in [1.165, 1.54) is 6.07 Å². The van der Waals surface area contributed by atoms with Crippen molar-refractivity contribution < 1.29 is 26.3 Å². The average molecular weight is 492 g/mol. The number of alkyl halides is 6. The van der Waals surface area contributed by atoms with Gasteiger partial charge in [0.1, 0.15) is 0 Å². The number of benzene rings is 1. The molecule has 1 aliphatic rings. The molecule has 2 nitrogen and oxygen atoms in total. The summed E-state index contributed by atoms with van der Waals surface area (Å²) in [6.07, 6.45) is -10.2. The van der Waals surface area contributed by atoms with Gasteiger partial charge in [-0.15, -0.1) is 24.8 Å². The van der Waals surface area contributed by atoms with Gasteiger partial charge in [-0.3, -0.25) is 4.90 Å². The van der Waals surface area contributed by atoms with Crippen LogP contribution >= 0.6 is 40.7 Å². The van der Waals surface area contributed by atoms with Crippen LogP contribution in [0, 0.1) is 0 Å². The quantitative estimate of drug-likeness (QED) is 0.551. The number of nitrogens with one attached hydrogen (secondary N) is 1. The maximum Gasteiger partial charge on any atom is 0.416 e. The lowest BCUT2D eigenvalue weighted by molar-refractivity contribution is -0.140. The highest BCUT2D eigenvalue weighted by molar-refractivity contribution is 9.10. The monoisotopic (exact) mass is 490 g/mol. The molecule has 1 aromatic rings. The number of hydrogen-bond donors (Lipinski definition) is 1. The summed E-state index contributed by atoms with van der Waals surface area (Å²) in [5, 5.41) is 3.09. The smallest absolute Gasteiger partial charge is 0.314 e. The highest BCUT2D eigenvalue weighted by Gasteiger charge is 2.34. The fourth-order valence-electron chi connectivity index (χ4n) is 2.82. The van der Waals surface area contributed by atoms with Gasteiger partial charge in [0.15, 0.2) is 0 Å². The summed E-state index contributed by atoms with van der Waals surface area (Å²) >= 11 is 3.04. The second-order valence-electron chi connectivity index (χ2n) is 5.73. The third-order valence-electron chi connectivity index (χ3n) is 3.93. The summed E-state index contributed by atoms with van der Waals surface area (Å²) in [5.41, 5.74) is -0.609. The molecule has 0 spiro atoms. The molecule has 1 aromatic carbocycles. The third kappa shape index (κ3) is 7.80. The number of hydrogen-bond acceptors (Lipinski definition) is 2. The van der Waals surface area contributed by atoms with Crippen molar-refractivity contribution in [3.05, 3.63) is 33.8 Å². The van der Waals surface area contributed by atoms with E-state index in [4.69, 9.17) is 0 Å². The maximum atomic E-state index is 13.0. The van der Waals surface area contributed by atoms with Gasteiger partial charge in [-0.25, -0.2) is 0 Å². The van der Waals surface area contributed by atoms with E-state index in [0.717, 1.165) is 12.1 Å². The number of piperazine rings is 1. The Kier molecular flexibility index (Phi) is 10.3. The Morgan fingerprint density at radius 1 is 1.00 bits per heavy atom. The van der Waals surface area contributed by atoms with Crippen LogP contribution in [0.1, 0.15) is 30.0 Å². The van der Waals surface area contributed by atoms with Crippen LogP contribution in [0.3, 0.4) is 0 Å². The summed E-state index contributed by atoms with van der Waals surface area (Å²) in [4.78, 5) is 1.81. The predicted molar refractivity (Wildman–Crippen MR) is 96.1 cm³/mol. The van der Waals surface area contributed by atoms with E-state index in [9.17, 15) is 26.3 Å². The van der Waals surface area contributed by atoms with Crippen LogP contribution in [0.2, 0.25) is 0 Å². The molecule has 1 aliphatic heterocycles. The molecule has 1 fully saturated rings. The number of rotatable bonds is 4. The van der Waals surface area contributed by atoms with Crippen molar-refractivity contribution in [2.75, 3.05) is 26.2 Å². The Morgan fingerprint density at radius 2 is 1.58 bits per heavy atom. The molecule has 1 saturated heterocycles. The van der Waals surface area contributed by atoms with Crippen LogP contribution in [0.4, 0.5) is 26.3 Å². The average Bonchev–Trinajstić information content (AvgIpc) is 2.46. The van der Waals surface area contributed by atoms with Crippen LogP contribution in [-0.2, 0) is 6.18 Å². The lowest BCUT2D eigenvalue weighted by Gasteiger charge is -2.36. The fraction of sp³-hybridized carbons (Fsp3) is 0.600. The minimum Gasteiger partial charge on any atom is -0.314 e. The van der Waals surface area contributed by atoms with Crippen LogP contribution in [0.15, 0.2) is 22.7 Å². The molecular weight excluding hydrogens is 473 g/mol. The van der Waals surface area contributed by atoms with Crippen LogP contribution < -0.4 is 5.32 Å². The zero-order valence-corrected chi connectivity index (χ0v) is 16.7. The molecule has 0 aromatic heterocycles. The molecule has 11 heteroatoms. The first-order valence-electron chi connectivity index (χ1n) is 7.45. The predicted octanol–water partition coefficient (Wildman–Crippen LogP) is 5.60. The molecule has 1 N–H and O–H groups in total. The molecule has 26 heavy (non-hydrogen) atoms. The molecule has 0 radical (unpaired) electrons. The van der Waals surface area contributed by atoms with Gasteiger partial charge in [0.25, 0.3) is 0 Å². The Bertz CT molecular complexity index is 562. The zero-order valence-electron chi connectivity index (χ0n) is 13.5. The van der Waals surface area contributed by atoms with Gasteiger partial charge in [0.2, 0.25) is 0 Å². The van der Waals surface area contributed by atoms with Crippen molar-refractivity contribution in [2.45, 2.75) is 31.2 Å². The molecular formula is C15H19BrCl2F6N2. The molecule has 0 amide bonds. The Labute approximate surface area is 168 Å². The first-order valence-corrected chi connectivity index (χ1v) is 8.25. The molecule has 1 atom stereocenters. The third-order valence-corrected chi connectivity index (χ3v) is 4.38. The van der Waals surface area contributed by atoms with E-state index in [1.807, 2.05) is 4.90 Å². The number of halogens is 9. The Hall–Kier alpha value is -0.220. The standard InChI is InChI=1S/C15H17BrF6N2.2ClH/c16-12-8-10(7-11(9-12)15(20,21)22)13(1-2-14(17,18)19)24-5-3-23-4-6-24;;/h7-9,13,23H,1-6H2;2*1H/t13-;;/m1../s1. The SMILES string of the molecule is Cl.Cl.FC(F)(F)CC[C@H](c1cc(Br)cc(C(F)(F)F)c1)N1CCNCC1. The maximum absolute atomic E-state index is 13.0. The Morgan fingerprint density at radius 3 is 2.08 bits per heavy atom. The highest BCUT2D eigenvalue weighted by Crippen LogP contribution is 2.37. The van der Waals surface area contributed by atoms with E-state index in [1.54, 1.807) is 0 Å². The van der Waals surface area contributed by atoms with E-state index >= 15 is 0 Å². The van der Waals surface area contributed by atoms with Crippen molar-refractivity contribution in [3.63, 3.8) is 0 Å². The van der Waals surface area contributed by atoms with E-state index in [0.29, 0.717) is 26.2 Å². The summed E-state index contributed by atoms with van der Waals surface area (Å²) in [5.74, 6) is 0. The van der Waals surface area contributed by atoms with Gasteiger partial charge in [-0.2, -0.15) is 26.3 Å². The molecule has 152 valence electrons. The molecule has 2 rings (SSSR count).